The summed E-state index contributed by atoms with van der Waals surface area (Å²) in [6, 6.07) is 11.6. The maximum atomic E-state index is 13.7. The van der Waals surface area contributed by atoms with Gasteiger partial charge in [-0.25, -0.2) is 17.5 Å². The molecule has 7 heteroatoms. The standard InChI is InChI=1S/C14H10ClFN2O2S/c15-12-3-1-2-4-14(12)21(19,20)18-9-11-6-5-10(8-17)7-13(11)16/h1-7,18H,9H2. The maximum Gasteiger partial charge on any atom is 0.242 e. The minimum atomic E-state index is -3.84. The number of sulfonamides is 1. The van der Waals surface area contributed by atoms with E-state index in [1.165, 1.54) is 24.3 Å². The summed E-state index contributed by atoms with van der Waals surface area (Å²) in [6.07, 6.45) is 0. The number of nitriles is 1. The first-order valence-corrected chi connectivity index (χ1v) is 7.73. The number of hydrogen-bond acceptors (Lipinski definition) is 3. The molecule has 0 amide bonds. The summed E-state index contributed by atoms with van der Waals surface area (Å²) in [5.74, 6) is -0.643. The topological polar surface area (TPSA) is 70.0 Å². The first-order valence-electron chi connectivity index (χ1n) is 5.87. The third kappa shape index (κ3) is 3.58. The number of rotatable bonds is 4. The Morgan fingerprint density at radius 3 is 2.57 bits per heavy atom. The van der Waals surface area contributed by atoms with Crippen molar-refractivity contribution in [2.45, 2.75) is 11.4 Å². The normalized spacial score (nSPS) is 11.1. The van der Waals surface area contributed by atoms with Gasteiger partial charge in [-0.15, -0.1) is 0 Å². The highest BCUT2D eigenvalue weighted by atomic mass is 35.5. The van der Waals surface area contributed by atoms with Gasteiger partial charge in [0, 0.05) is 12.1 Å². The molecule has 0 heterocycles. The highest BCUT2D eigenvalue weighted by Gasteiger charge is 2.17. The molecule has 1 N–H and O–H groups in total. The number of nitrogens with one attached hydrogen (secondary N) is 1. The monoisotopic (exact) mass is 324 g/mol. The third-order valence-electron chi connectivity index (χ3n) is 2.76. The molecule has 2 rings (SSSR count). The second kappa shape index (κ2) is 6.22. The molecule has 0 aliphatic carbocycles. The average molecular weight is 325 g/mol. The summed E-state index contributed by atoms with van der Waals surface area (Å²) < 4.78 is 40.1. The van der Waals surface area contributed by atoms with Crippen LogP contribution >= 0.6 is 11.6 Å². The predicted octanol–water partition coefficient (Wildman–Crippen LogP) is 2.83. The Balaban J connectivity index is 2.20. The number of halogens is 2. The van der Waals surface area contributed by atoms with Gasteiger partial charge in [0.25, 0.3) is 0 Å². The summed E-state index contributed by atoms with van der Waals surface area (Å²) in [7, 11) is -3.84. The minimum Gasteiger partial charge on any atom is -0.207 e. The molecule has 0 fully saturated rings. The number of hydrogen-bond donors (Lipinski definition) is 1. The van der Waals surface area contributed by atoms with Gasteiger partial charge in [0.15, 0.2) is 0 Å². The molecule has 0 aliphatic rings. The second-order valence-corrected chi connectivity index (χ2v) is 6.32. The zero-order chi connectivity index (χ0) is 15.5. The first kappa shape index (κ1) is 15.4. The van der Waals surface area contributed by atoms with Crippen molar-refractivity contribution in [2.24, 2.45) is 0 Å². The predicted molar refractivity (Wildman–Crippen MR) is 76.6 cm³/mol. The zero-order valence-corrected chi connectivity index (χ0v) is 12.2. The molecule has 2 aromatic rings. The summed E-state index contributed by atoms with van der Waals surface area (Å²) >= 11 is 5.83. The van der Waals surface area contributed by atoms with Crippen molar-refractivity contribution in [3.8, 4) is 6.07 Å². The van der Waals surface area contributed by atoms with Crippen molar-refractivity contribution in [3.05, 3.63) is 64.4 Å². The Morgan fingerprint density at radius 1 is 1.24 bits per heavy atom. The molecule has 0 radical (unpaired) electrons. The van der Waals surface area contributed by atoms with Crippen LogP contribution in [0.2, 0.25) is 5.02 Å². The van der Waals surface area contributed by atoms with Gasteiger partial charge in [0.1, 0.15) is 10.7 Å². The van der Waals surface area contributed by atoms with Crippen LogP contribution in [0.15, 0.2) is 47.4 Å². The number of nitrogens with zero attached hydrogens (tertiary/aromatic N) is 1. The highest BCUT2D eigenvalue weighted by Crippen LogP contribution is 2.20. The highest BCUT2D eigenvalue weighted by molar-refractivity contribution is 7.89. The molecular formula is C14H10ClFN2O2S. The second-order valence-electron chi connectivity index (χ2n) is 4.17. The summed E-state index contributed by atoms with van der Waals surface area (Å²) in [4.78, 5) is -0.0688. The van der Waals surface area contributed by atoms with Gasteiger partial charge in [-0.3, -0.25) is 0 Å². The van der Waals surface area contributed by atoms with Crippen LogP contribution in [0.4, 0.5) is 4.39 Å². The van der Waals surface area contributed by atoms with Crippen LogP contribution in [-0.4, -0.2) is 8.42 Å². The minimum absolute atomic E-state index is 0.0688. The molecule has 2 aromatic carbocycles. The molecule has 0 aliphatic heterocycles. The number of benzene rings is 2. The lowest BCUT2D eigenvalue weighted by Crippen LogP contribution is -2.24. The van der Waals surface area contributed by atoms with Crippen molar-refractivity contribution in [3.63, 3.8) is 0 Å². The van der Waals surface area contributed by atoms with E-state index in [-0.39, 0.29) is 27.6 Å². The Morgan fingerprint density at radius 2 is 1.95 bits per heavy atom. The summed E-state index contributed by atoms with van der Waals surface area (Å²) in [5, 5.41) is 8.74. The van der Waals surface area contributed by atoms with E-state index in [0.717, 1.165) is 6.07 Å². The molecule has 21 heavy (non-hydrogen) atoms. The van der Waals surface area contributed by atoms with Gasteiger partial charge in [0.05, 0.1) is 16.7 Å². The van der Waals surface area contributed by atoms with Crippen LogP contribution in [0, 0.1) is 17.1 Å². The Labute approximate surface area is 126 Å². The molecule has 0 spiro atoms. The van der Waals surface area contributed by atoms with E-state index in [1.54, 1.807) is 18.2 Å². The van der Waals surface area contributed by atoms with E-state index in [0.29, 0.717) is 0 Å². The van der Waals surface area contributed by atoms with Gasteiger partial charge in [0.2, 0.25) is 10.0 Å². The Hall–Kier alpha value is -1.94. The summed E-state index contributed by atoms with van der Waals surface area (Å²) in [6.45, 7) is -0.231. The van der Waals surface area contributed by atoms with Gasteiger partial charge >= 0.3 is 0 Å². The van der Waals surface area contributed by atoms with Gasteiger partial charge in [-0.1, -0.05) is 29.8 Å². The van der Waals surface area contributed by atoms with Crippen LogP contribution in [0.25, 0.3) is 0 Å². The van der Waals surface area contributed by atoms with Crippen LogP contribution in [0.3, 0.4) is 0 Å². The fraction of sp³-hybridized carbons (Fsp3) is 0.0714. The third-order valence-corrected chi connectivity index (χ3v) is 4.66. The molecule has 108 valence electrons. The van der Waals surface area contributed by atoms with Crippen LogP contribution < -0.4 is 4.72 Å². The largest absolute Gasteiger partial charge is 0.242 e. The maximum absolute atomic E-state index is 13.7. The van der Waals surface area contributed by atoms with Crippen LogP contribution in [0.5, 0.6) is 0 Å². The lowest BCUT2D eigenvalue weighted by Gasteiger charge is -2.09. The smallest absolute Gasteiger partial charge is 0.207 e. The quantitative estimate of drug-likeness (QED) is 0.940. The molecule has 0 unspecified atom stereocenters. The van der Waals surface area contributed by atoms with Crippen LogP contribution in [0.1, 0.15) is 11.1 Å². The van der Waals surface area contributed by atoms with E-state index in [2.05, 4.69) is 4.72 Å². The molecule has 0 bridgehead atoms. The molecule has 0 aromatic heterocycles. The molecular weight excluding hydrogens is 315 g/mol. The van der Waals surface area contributed by atoms with Gasteiger partial charge in [-0.05, 0) is 24.3 Å². The van der Waals surface area contributed by atoms with E-state index in [1.807, 2.05) is 0 Å². The molecule has 0 atom stereocenters. The SMILES string of the molecule is N#Cc1ccc(CNS(=O)(=O)c2ccccc2Cl)c(F)c1. The molecule has 4 nitrogen and oxygen atoms in total. The fourth-order valence-corrected chi connectivity index (χ4v) is 3.20. The van der Waals surface area contributed by atoms with Gasteiger partial charge < -0.3 is 0 Å². The Kier molecular flexibility index (Phi) is 4.58. The fourth-order valence-electron chi connectivity index (χ4n) is 1.67. The summed E-state index contributed by atoms with van der Waals surface area (Å²) in [5.41, 5.74) is 0.315. The average Bonchev–Trinajstić information content (AvgIpc) is 2.46. The van der Waals surface area contributed by atoms with Gasteiger partial charge in [-0.2, -0.15) is 5.26 Å². The van der Waals surface area contributed by atoms with Crippen molar-refractivity contribution in [2.75, 3.05) is 0 Å². The van der Waals surface area contributed by atoms with Crippen molar-refractivity contribution in [1.29, 1.82) is 5.26 Å². The van der Waals surface area contributed by atoms with Crippen molar-refractivity contribution < 1.29 is 12.8 Å². The van der Waals surface area contributed by atoms with E-state index >= 15 is 0 Å². The zero-order valence-electron chi connectivity index (χ0n) is 10.7. The van der Waals surface area contributed by atoms with Crippen LogP contribution in [-0.2, 0) is 16.6 Å². The van der Waals surface area contributed by atoms with Crippen molar-refractivity contribution >= 4 is 21.6 Å². The molecule has 0 saturated carbocycles. The van der Waals surface area contributed by atoms with Crippen molar-refractivity contribution in [1.82, 2.24) is 4.72 Å². The Bertz CT molecular complexity index is 816. The van der Waals surface area contributed by atoms with E-state index in [4.69, 9.17) is 16.9 Å². The first-order chi connectivity index (χ1) is 9.94. The van der Waals surface area contributed by atoms with E-state index < -0.39 is 15.8 Å². The van der Waals surface area contributed by atoms with E-state index in [9.17, 15) is 12.8 Å². The lowest BCUT2D eigenvalue weighted by molar-refractivity contribution is 0.574. The lowest BCUT2D eigenvalue weighted by atomic mass is 10.1. The molecule has 0 saturated heterocycles.